The first-order chi connectivity index (χ1) is 15.1. The van der Waals surface area contributed by atoms with Crippen molar-refractivity contribution in [2.24, 2.45) is 0 Å². The van der Waals surface area contributed by atoms with Gasteiger partial charge in [0.25, 0.3) is 10.0 Å². The highest BCUT2D eigenvalue weighted by atomic mass is 32.2. The SMILES string of the molecule is O=S(=O)(Nc1cccc(C(O)c2c[nH]c3nccnc23)c1F)c1ccc(C(F)(F)F)cc1. The smallest absolute Gasteiger partial charge is 0.383 e. The number of nitrogens with one attached hydrogen (secondary N) is 2. The van der Waals surface area contributed by atoms with E-state index in [9.17, 15) is 26.7 Å². The van der Waals surface area contributed by atoms with E-state index in [0.717, 1.165) is 18.2 Å². The minimum absolute atomic E-state index is 0.231. The second-order valence-electron chi connectivity index (χ2n) is 6.74. The van der Waals surface area contributed by atoms with E-state index in [0.29, 0.717) is 23.3 Å². The highest BCUT2D eigenvalue weighted by Crippen LogP contribution is 2.33. The molecule has 0 aliphatic rings. The molecular weight excluding hydrogens is 452 g/mol. The Bertz CT molecular complexity index is 1390. The first-order valence-electron chi connectivity index (χ1n) is 9.02. The molecule has 32 heavy (non-hydrogen) atoms. The molecule has 2 heterocycles. The molecule has 0 bridgehead atoms. The van der Waals surface area contributed by atoms with Crippen molar-refractivity contribution < 1.29 is 31.1 Å². The maximum absolute atomic E-state index is 15.1. The Labute approximate surface area is 178 Å². The van der Waals surface area contributed by atoms with Crippen molar-refractivity contribution in [3.05, 3.63) is 83.6 Å². The predicted molar refractivity (Wildman–Crippen MR) is 107 cm³/mol. The van der Waals surface area contributed by atoms with Crippen molar-refractivity contribution in [1.29, 1.82) is 0 Å². The van der Waals surface area contributed by atoms with Gasteiger partial charge in [-0.05, 0) is 30.3 Å². The number of benzene rings is 2. The van der Waals surface area contributed by atoms with E-state index in [-0.39, 0.29) is 11.1 Å². The normalized spacial score (nSPS) is 13.3. The fourth-order valence-corrected chi connectivity index (χ4v) is 4.17. The summed E-state index contributed by atoms with van der Waals surface area (Å²) in [6, 6.07) is 6.49. The quantitative estimate of drug-likeness (QED) is 0.386. The topological polar surface area (TPSA) is 108 Å². The van der Waals surface area contributed by atoms with Gasteiger partial charge >= 0.3 is 6.18 Å². The summed E-state index contributed by atoms with van der Waals surface area (Å²) < 4.78 is 80.3. The number of hydrogen-bond acceptors (Lipinski definition) is 5. The first-order valence-corrected chi connectivity index (χ1v) is 10.5. The van der Waals surface area contributed by atoms with Gasteiger partial charge in [0.15, 0.2) is 11.5 Å². The largest absolute Gasteiger partial charge is 0.416 e. The lowest BCUT2D eigenvalue weighted by Gasteiger charge is -2.15. The number of rotatable bonds is 5. The molecule has 0 saturated carbocycles. The summed E-state index contributed by atoms with van der Waals surface area (Å²) in [4.78, 5) is 10.4. The van der Waals surface area contributed by atoms with Crippen molar-refractivity contribution in [3.8, 4) is 0 Å². The molecule has 0 fully saturated rings. The number of aromatic nitrogens is 3. The van der Waals surface area contributed by atoms with Crippen LogP contribution >= 0.6 is 0 Å². The number of alkyl halides is 3. The Kier molecular flexibility index (Phi) is 5.34. The molecule has 0 spiro atoms. The lowest BCUT2D eigenvalue weighted by Crippen LogP contribution is -2.15. The van der Waals surface area contributed by atoms with Crippen LogP contribution in [0, 0.1) is 5.82 Å². The number of anilines is 1. The zero-order chi connectivity index (χ0) is 23.1. The number of sulfonamides is 1. The second-order valence-corrected chi connectivity index (χ2v) is 8.42. The Morgan fingerprint density at radius 1 is 1.00 bits per heavy atom. The molecule has 166 valence electrons. The molecule has 0 radical (unpaired) electrons. The molecule has 0 amide bonds. The molecule has 7 nitrogen and oxygen atoms in total. The van der Waals surface area contributed by atoms with Gasteiger partial charge < -0.3 is 10.1 Å². The van der Waals surface area contributed by atoms with E-state index in [4.69, 9.17) is 0 Å². The summed E-state index contributed by atoms with van der Waals surface area (Å²) in [7, 11) is -4.40. The number of hydrogen-bond donors (Lipinski definition) is 3. The Morgan fingerprint density at radius 3 is 2.38 bits per heavy atom. The van der Waals surface area contributed by atoms with Crippen LogP contribution in [-0.2, 0) is 16.2 Å². The number of aromatic amines is 1. The zero-order valence-electron chi connectivity index (χ0n) is 15.9. The van der Waals surface area contributed by atoms with Gasteiger partial charge in [0.1, 0.15) is 11.6 Å². The van der Waals surface area contributed by atoms with Crippen LogP contribution in [0.1, 0.15) is 22.8 Å². The van der Waals surface area contributed by atoms with Gasteiger partial charge in [0, 0.05) is 29.7 Å². The Morgan fingerprint density at radius 2 is 1.69 bits per heavy atom. The maximum Gasteiger partial charge on any atom is 0.416 e. The van der Waals surface area contributed by atoms with Crippen LogP contribution in [0.3, 0.4) is 0 Å². The molecule has 4 aromatic rings. The van der Waals surface area contributed by atoms with Crippen molar-refractivity contribution in [2.75, 3.05) is 4.72 Å². The molecule has 0 saturated heterocycles. The molecule has 2 aromatic carbocycles. The fraction of sp³-hybridized carbons (Fsp3) is 0.100. The molecule has 3 N–H and O–H groups in total. The lowest BCUT2D eigenvalue weighted by molar-refractivity contribution is -0.137. The van der Waals surface area contributed by atoms with Gasteiger partial charge in [0.2, 0.25) is 0 Å². The molecule has 1 unspecified atom stereocenters. The Hall–Kier alpha value is -3.51. The number of nitrogens with zero attached hydrogens (tertiary/aromatic N) is 2. The van der Waals surface area contributed by atoms with Crippen molar-refractivity contribution in [3.63, 3.8) is 0 Å². The van der Waals surface area contributed by atoms with Crippen LogP contribution < -0.4 is 4.72 Å². The number of H-pyrrole nitrogens is 1. The van der Waals surface area contributed by atoms with Gasteiger partial charge in [-0.25, -0.2) is 17.8 Å². The van der Waals surface area contributed by atoms with Crippen molar-refractivity contribution in [1.82, 2.24) is 15.0 Å². The van der Waals surface area contributed by atoms with E-state index in [1.807, 2.05) is 4.72 Å². The summed E-state index contributed by atoms with van der Waals surface area (Å²) >= 11 is 0. The number of aliphatic hydroxyl groups excluding tert-OH is 1. The third-order valence-corrected chi connectivity index (χ3v) is 6.07. The molecular formula is C20H14F4N4O3S. The average molecular weight is 466 g/mol. The second kappa shape index (κ2) is 7.88. The molecule has 4 rings (SSSR count). The van der Waals surface area contributed by atoms with E-state index < -0.39 is 44.3 Å². The van der Waals surface area contributed by atoms with E-state index in [2.05, 4.69) is 15.0 Å². The molecule has 0 aliphatic heterocycles. The molecule has 12 heteroatoms. The van der Waals surface area contributed by atoms with E-state index >= 15 is 4.39 Å². The van der Waals surface area contributed by atoms with Crippen LogP contribution in [0.25, 0.3) is 11.2 Å². The minimum Gasteiger partial charge on any atom is -0.383 e. The summed E-state index contributed by atoms with van der Waals surface area (Å²) in [5.41, 5.74) is -0.808. The van der Waals surface area contributed by atoms with E-state index in [1.54, 1.807) is 0 Å². The van der Waals surface area contributed by atoms with Crippen molar-refractivity contribution >= 4 is 26.9 Å². The highest BCUT2D eigenvalue weighted by Gasteiger charge is 2.31. The van der Waals surface area contributed by atoms with Crippen LogP contribution in [0.2, 0.25) is 0 Å². The fourth-order valence-electron chi connectivity index (χ4n) is 3.11. The van der Waals surface area contributed by atoms with Crippen LogP contribution in [-0.4, -0.2) is 28.5 Å². The van der Waals surface area contributed by atoms with Gasteiger partial charge in [0.05, 0.1) is 16.1 Å². The van der Waals surface area contributed by atoms with E-state index in [1.165, 1.54) is 30.7 Å². The van der Waals surface area contributed by atoms with Gasteiger partial charge in [-0.3, -0.25) is 9.71 Å². The Balaban J connectivity index is 1.65. The molecule has 1 atom stereocenters. The molecule has 0 aliphatic carbocycles. The van der Waals surface area contributed by atoms with Crippen LogP contribution in [0.15, 0.2) is 66.0 Å². The predicted octanol–water partition coefficient (Wildman–Crippen LogP) is 4.00. The number of fused-ring (bicyclic) bond motifs is 1. The summed E-state index contributed by atoms with van der Waals surface area (Å²) in [5.74, 6) is -1.05. The maximum atomic E-state index is 15.1. The summed E-state index contributed by atoms with van der Waals surface area (Å²) in [6.07, 6.45) is -1.87. The van der Waals surface area contributed by atoms with Crippen molar-refractivity contribution in [2.45, 2.75) is 17.2 Å². The number of halogens is 4. The zero-order valence-corrected chi connectivity index (χ0v) is 16.7. The third-order valence-electron chi connectivity index (χ3n) is 4.69. The first kappa shape index (κ1) is 21.7. The van der Waals surface area contributed by atoms with Crippen LogP contribution in [0.4, 0.5) is 23.2 Å². The van der Waals surface area contributed by atoms with Gasteiger partial charge in [-0.1, -0.05) is 12.1 Å². The summed E-state index contributed by atoms with van der Waals surface area (Å²) in [6.45, 7) is 0. The average Bonchev–Trinajstić information content (AvgIpc) is 3.18. The molecule has 2 aromatic heterocycles. The highest BCUT2D eigenvalue weighted by molar-refractivity contribution is 7.92. The lowest BCUT2D eigenvalue weighted by atomic mass is 10.0. The van der Waals surface area contributed by atoms with Crippen LogP contribution in [0.5, 0.6) is 0 Å². The van der Waals surface area contributed by atoms with Gasteiger partial charge in [-0.15, -0.1) is 0 Å². The monoisotopic (exact) mass is 466 g/mol. The minimum atomic E-state index is -4.63. The third kappa shape index (κ3) is 4.01. The summed E-state index contributed by atoms with van der Waals surface area (Å²) in [5, 5.41) is 10.7. The standard InChI is InChI=1S/C20H14F4N4O3S/c21-16-13(18(29)14-10-27-19-17(14)25-8-9-26-19)2-1-3-15(16)28-32(30,31)12-6-4-11(5-7-12)20(22,23)24/h1-10,18,28-29H,(H,26,27). The van der Waals surface area contributed by atoms with Gasteiger partial charge in [-0.2, -0.15) is 13.2 Å². The number of aliphatic hydroxyl groups is 1.